The Labute approximate surface area is 248 Å². The normalized spacial score (nSPS) is 22.3. The standard InChI is InChI=1S/C31H47N5O6/c1-10-12-20(23(37)26(39)33-16-18-13-11-14-32-15-18)34-25(38)22-21-19(31(21,8)9)17-36(22)27(40)24(29(2,3)4)35-28(41)42-30(5,6)7/h11,13-15,19-22,24H,10,12,16-17H2,1-9H3,(H,33,39)(H,34,38)(H,35,41)/t19-,20?,21-,22-,24+/m0/s1. The van der Waals surface area contributed by atoms with Crippen LogP contribution in [-0.2, 0) is 30.5 Å². The summed E-state index contributed by atoms with van der Waals surface area (Å²) in [6.45, 7) is 17.2. The summed E-state index contributed by atoms with van der Waals surface area (Å²) in [5.41, 5.74) is -0.850. The summed E-state index contributed by atoms with van der Waals surface area (Å²) in [5.74, 6) is -2.41. The van der Waals surface area contributed by atoms with E-state index in [9.17, 15) is 24.0 Å². The Morgan fingerprint density at radius 1 is 1.10 bits per heavy atom. The summed E-state index contributed by atoms with van der Waals surface area (Å²) in [4.78, 5) is 71.9. The monoisotopic (exact) mass is 585 g/mol. The van der Waals surface area contributed by atoms with Crippen molar-refractivity contribution in [2.75, 3.05) is 6.54 Å². The van der Waals surface area contributed by atoms with Gasteiger partial charge >= 0.3 is 6.09 Å². The van der Waals surface area contributed by atoms with Crippen LogP contribution >= 0.6 is 0 Å². The number of ether oxygens (including phenoxy) is 1. The van der Waals surface area contributed by atoms with Crippen molar-refractivity contribution >= 4 is 29.6 Å². The van der Waals surface area contributed by atoms with E-state index < -0.39 is 52.8 Å². The van der Waals surface area contributed by atoms with Crippen LogP contribution in [0.15, 0.2) is 24.5 Å². The Balaban J connectivity index is 1.78. The third-order valence-electron chi connectivity index (χ3n) is 8.14. The van der Waals surface area contributed by atoms with Gasteiger partial charge in [-0.25, -0.2) is 4.79 Å². The number of rotatable bonds is 10. The molecule has 0 aromatic carbocycles. The molecule has 1 unspecified atom stereocenters. The maximum atomic E-state index is 14.0. The number of aromatic nitrogens is 1. The molecule has 232 valence electrons. The van der Waals surface area contributed by atoms with Gasteiger partial charge in [0.2, 0.25) is 17.6 Å². The van der Waals surface area contributed by atoms with Crippen LogP contribution in [0, 0.1) is 22.7 Å². The van der Waals surface area contributed by atoms with Crippen molar-refractivity contribution in [3.63, 3.8) is 0 Å². The van der Waals surface area contributed by atoms with E-state index in [2.05, 4.69) is 34.8 Å². The van der Waals surface area contributed by atoms with Crippen molar-refractivity contribution < 1.29 is 28.7 Å². The van der Waals surface area contributed by atoms with E-state index in [4.69, 9.17) is 4.74 Å². The molecule has 1 aliphatic heterocycles. The quantitative estimate of drug-likeness (QED) is 0.358. The molecule has 42 heavy (non-hydrogen) atoms. The number of likely N-dealkylation sites (tertiary alicyclic amines) is 1. The molecule has 4 amide bonds. The number of alkyl carbamates (subject to hydrolysis) is 1. The minimum absolute atomic E-state index is 0.0995. The van der Waals surface area contributed by atoms with Crippen LogP contribution < -0.4 is 16.0 Å². The molecule has 11 nitrogen and oxygen atoms in total. The van der Waals surface area contributed by atoms with Crippen LogP contribution in [0.2, 0.25) is 0 Å². The van der Waals surface area contributed by atoms with Crippen LogP contribution in [0.4, 0.5) is 4.79 Å². The van der Waals surface area contributed by atoms with Gasteiger partial charge < -0.3 is 25.6 Å². The van der Waals surface area contributed by atoms with Crippen LogP contribution in [0.5, 0.6) is 0 Å². The largest absolute Gasteiger partial charge is 0.444 e. The number of hydrogen-bond acceptors (Lipinski definition) is 7. The van der Waals surface area contributed by atoms with Crippen LogP contribution in [0.3, 0.4) is 0 Å². The Hall–Kier alpha value is -3.50. The van der Waals surface area contributed by atoms with Gasteiger partial charge in [-0.15, -0.1) is 0 Å². The molecular weight excluding hydrogens is 538 g/mol. The number of hydrogen-bond donors (Lipinski definition) is 3. The van der Waals surface area contributed by atoms with Crippen molar-refractivity contribution in [1.82, 2.24) is 25.8 Å². The number of pyridine rings is 1. The Morgan fingerprint density at radius 3 is 2.31 bits per heavy atom. The zero-order valence-corrected chi connectivity index (χ0v) is 26.4. The molecule has 2 aliphatic rings. The minimum Gasteiger partial charge on any atom is -0.444 e. The lowest BCUT2D eigenvalue weighted by Crippen LogP contribution is -2.60. The van der Waals surface area contributed by atoms with E-state index >= 15 is 0 Å². The zero-order valence-electron chi connectivity index (χ0n) is 26.4. The Morgan fingerprint density at radius 2 is 1.76 bits per heavy atom. The number of ketones is 1. The third kappa shape index (κ3) is 7.66. The first kappa shape index (κ1) is 33.0. The average Bonchev–Trinajstić information content (AvgIpc) is 3.21. The molecular formula is C31H47N5O6. The lowest BCUT2D eigenvalue weighted by atomic mass is 9.85. The first-order chi connectivity index (χ1) is 19.4. The molecule has 1 aromatic heterocycles. The molecule has 3 N–H and O–H groups in total. The zero-order chi connectivity index (χ0) is 31.6. The van der Waals surface area contributed by atoms with Gasteiger partial charge in [0.25, 0.3) is 5.91 Å². The predicted octanol–water partition coefficient (Wildman–Crippen LogP) is 2.97. The Bertz CT molecular complexity index is 1190. The van der Waals surface area contributed by atoms with Gasteiger partial charge in [0.15, 0.2) is 0 Å². The number of carbonyl (C=O) groups excluding carboxylic acids is 5. The van der Waals surface area contributed by atoms with Gasteiger partial charge in [-0.3, -0.25) is 24.2 Å². The fourth-order valence-corrected chi connectivity index (χ4v) is 5.80. The molecule has 2 fully saturated rings. The highest BCUT2D eigenvalue weighted by Gasteiger charge is 2.70. The number of nitrogens with zero attached hydrogens (tertiary/aromatic N) is 2. The van der Waals surface area contributed by atoms with Crippen molar-refractivity contribution in [2.45, 2.75) is 105 Å². The topological polar surface area (TPSA) is 147 Å². The molecule has 1 saturated carbocycles. The van der Waals surface area contributed by atoms with E-state index in [-0.39, 0.29) is 36.1 Å². The first-order valence-corrected chi connectivity index (χ1v) is 14.7. The van der Waals surface area contributed by atoms with E-state index in [1.165, 1.54) is 4.90 Å². The maximum Gasteiger partial charge on any atom is 0.408 e. The molecule has 5 atom stereocenters. The fourth-order valence-electron chi connectivity index (χ4n) is 5.80. The SMILES string of the molecule is CCCC(NC(=O)[C@@H]1[C@@H]2[C@H](CN1C(=O)[C@@H](NC(=O)OC(C)(C)C)C(C)(C)C)C2(C)C)C(=O)C(=O)NCc1cccnc1. The maximum absolute atomic E-state index is 14.0. The second-order valence-corrected chi connectivity index (χ2v) is 14.1. The van der Waals surface area contributed by atoms with Gasteiger partial charge in [-0.05, 0) is 61.5 Å². The van der Waals surface area contributed by atoms with E-state index in [1.54, 1.807) is 45.3 Å². The molecule has 0 spiro atoms. The van der Waals surface area contributed by atoms with Gasteiger partial charge in [0.05, 0.1) is 6.04 Å². The predicted molar refractivity (Wildman–Crippen MR) is 157 cm³/mol. The lowest BCUT2D eigenvalue weighted by molar-refractivity contribution is -0.145. The molecule has 1 aliphatic carbocycles. The fraction of sp³-hybridized carbons (Fsp3) is 0.677. The minimum atomic E-state index is -1.03. The lowest BCUT2D eigenvalue weighted by Gasteiger charge is -2.38. The number of nitrogens with one attached hydrogen (secondary N) is 3. The number of carbonyl (C=O) groups is 5. The van der Waals surface area contributed by atoms with Crippen molar-refractivity contribution in [1.29, 1.82) is 0 Å². The molecule has 1 aromatic rings. The summed E-state index contributed by atoms with van der Waals surface area (Å²) in [6.07, 6.45) is 3.32. The first-order valence-electron chi connectivity index (χ1n) is 14.7. The van der Waals surface area contributed by atoms with E-state index in [1.807, 2.05) is 27.7 Å². The van der Waals surface area contributed by atoms with Crippen LogP contribution in [0.1, 0.15) is 80.7 Å². The van der Waals surface area contributed by atoms with Crippen molar-refractivity contribution in [3.8, 4) is 0 Å². The van der Waals surface area contributed by atoms with Crippen molar-refractivity contribution in [2.24, 2.45) is 22.7 Å². The van der Waals surface area contributed by atoms with Crippen LogP contribution in [-0.4, -0.2) is 69.8 Å². The second-order valence-electron chi connectivity index (χ2n) is 14.1. The summed E-state index contributed by atoms with van der Waals surface area (Å²) in [6, 6.07) is 0.693. The highest BCUT2D eigenvalue weighted by atomic mass is 16.6. The molecule has 1 saturated heterocycles. The smallest absolute Gasteiger partial charge is 0.408 e. The second kappa shape index (κ2) is 12.4. The Kier molecular flexibility index (Phi) is 9.74. The summed E-state index contributed by atoms with van der Waals surface area (Å²) < 4.78 is 5.41. The van der Waals surface area contributed by atoms with Crippen molar-refractivity contribution in [3.05, 3.63) is 30.1 Å². The number of Topliss-reactive ketones (excluding diaryl/α,β-unsaturated/α-hetero) is 1. The van der Waals surface area contributed by atoms with E-state index in [0.29, 0.717) is 13.0 Å². The molecule has 0 radical (unpaired) electrons. The average molecular weight is 586 g/mol. The number of fused-ring (bicyclic) bond motifs is 1. The van der Waals surface area contributed by atoms with Gasteiger partial charge in [-0.2, -0.15) is 0 Å². The van der Waals surface area contributed by atoms with Gasteiger partial charge in [-0.1, -0.05) is 54.0 Å². The highest BCUT2D eigenvalue weighted by molar-refractivity contribution is 6.38. The summed E-state index contributed by atoms with van der Waals surface area (Å²) in [5, 5.41) is 8.13. The summed E-state index contributed by atoms with van der Waals surface area (Å²) in [7, 11) is 0. The van der Waals surface area contributed by atoms with E-state index in [0.717, 1.165) is 5.56 Å². The number of amides is 4. The number of piperidine rings is 1. The molecule has 0 bridgehead atoms. The van der Waals surface area contributed by atoms with Crippen LogP contribution in [0.25, 0.3) is 0 Å². The van der Waals surface area contributed by atoms with Gasteiger partial charge in [0, 0.05) is 25.5 Å². The summed E-state index contributed by atoms with van der Waals surface area (Å²) >= 11 is 0. The molecule has 3 rings (SSSR count). The highest BCUT2D eigenvalue weighted by Crippen LogP contribution is 2.65. The third-order valence-corrected chi connectivity index (χ3v) is 8.14. The van der Waals surface area contributed by atoms with Gasteiger partial charge in [0.1, 0.15) is 17.7 Å². The molecule has 11 heteroatoms. The molecule has 2 heterocycles.